The third-order valence-corrected chi connectivity index (χ3v) is 6.83. The smallest absolute Gasteiger partial charge is 0.275 e. The van der Waals surface area contributed by atoms with E-state index in [1.807, 2.05) is 34.8 Å². The molecule has 0 bridgehead atoms. The Morgan fingerprint density at radius 3 is 2.88 bits per heavy atom. The van der Waals surface area contributed by atoms with Crippen molar-refractivity contribution in [2.75, 3.05) is 25.6 Å². The molecule has 7 nitrogen and oxygen atoms in total. The molecule has 2 unspecified atom stereocenters. The van der Waals surface area contributed by atoms with E-state index in [1.54, 1.807) is 0 Å². The number of aryl methyl sites for hydroxylation is 1. The lowest BCUT2D eigenvalue weighted by atomic mass is 9.85. The van der Waals surface area contributed by atoms with Crippen LogP contribution in [0.25, 0.3) is 0 Å². The molecule has 32 heavy (non-hydrogen) atoms. The summed E-state index contributed by atoms with van der Waals surface area (Å²) in [5, 5.41) is 7.55. The first kappa shape index (κ1) is 22.8. The van der Waals surface area contributed by atoms with Gasteiger partial charge in [0.15, 0.2) is 5.69 Å². The van der Waals surface area contributed by atoms with Gasteiger partial charge in [-0.3, -0.25) is 14.3 Å². The van der Waals surface area contributed by atoms with E-state index in [-0.39, 0.29) is 29.7 Å². The third-order valence-electron chi connectivity index (χ3n) is 6.58. The van der Waals surface area contributed by atoms with Gasteiger partial charge in [-0.25, -0.2) is 0 Å². The van der Waals surface area contributed by atoms with Gasteiger partial charge in [0.2, 0.25) is 5.91 Å². The SMILES string of the molecule is Cn1nc(C(=O)N2CCCCC2C(CNC(=O)CCl)Cc2ccccc2)c2c1CCOC2. The number of nitrogens with one attached hydrogen (secondary N) is 1. The van der Waals surface area contributed by atoms with Crippen LogP contribution in [0.4, 0.5) is 0 Å². The Morgan fingerprint density at radius 2 is 2.09 bits per heavy atom. The van der Waals surface area contributed by atoms with Crippen molar-refractivity contribution >= 4 is 23.4 Å². The highest BCUT2D eigenvalue weighted by Crippen LogP contribution is 2.29. The van der Waals surface area contributed by atoms with E-state index in [0.717, 1.165) is 43.4 Å². The zero-order valence-corrected chi connectivity index (χ0v) is 19.3. The van der Waals surface area contributed by atoms with E-state index >= 15 is 0 Å². The molecular formula is C24H31ClN4O3. The number of benzene rings is 1. The highest BCUT2D eigenvalue weighted by Gasteiger charge is 2.36. The van der Waals surface area contributed by atoms with Crippen LogP contribution in [0.15, 0.2) is 30.3 Å². The second-order valence-electron chi connectivity index (χ2n) is 8.65. The van der Waals surface area contributed by atoms with Crippen molar-refractivity contribution in [1.82, 2.24) is 20.0 Å². The number of rotatable bonds is 7. The number of aromatic nitrogens is 2. The minimum atomic E-state index is -0.186. The highest BCUT2D eigenvalue weighted by atomic mass is 35.5. The van der Waals surface area contributed by atoms with Crippen LogP contribution in [0.1, 0.15) is 46.6 Å². The molecule has 8 heteroatoms. The van der Waals surface area contributed by atoms with Crippen molar-refractivity contribution in [2.45, 2.75) is 44.8 Å². The minimum Gasteiger partial charge on any atom is -0.376 e. The van der Waals surface area contributed by atoms with Gasteiger partial charge in [0.1, 0.15) is 5.88 Å². The van der Waals surface area contributed by atoms with Crippen molar-refractivity contribution in [3.05, 3.63) is 52.8 Å². The summed E-state index contributed by atoms with van der Waals surface area (Å²) in [6.07, 6.45) is 4.50. The summed E-state index contributed by atoms with van der Waals surface area (Å²) < 4.78 is 7.46. The molecule has 2 atom stereocenters. The predicted octanol–water partition coefficient (Wildman–Crippen LogP) is 2.70. The Morgan fingerprint density at radius 1 is 1.28 bits per heavy atom. The molecule has 1 fully saturated rings. The maximum atomic E-state index is 13.7. The van der Waals surface area contributed by atoms with Gasteiger partial charge in [-0.15, -0.1) is 11.6 Å². The summed E-state index contributed by atoms with van der Waals surface area (Å²) in [7, 11) is 1.90. The molecule has 4 rings (SSSR count). The van der Waals surface area contributed by atoms with Crippen molar-refractivity contribution in [1.29, 1.82) is 0 Å². The number of piperidine rings is 1. The van der Waals surface area contributed by atoms with Gasteiger partial charge in [-0.1, -0.05) is 30.3 Å². The number of fused-ring (bicyclic) bond motifs is 1. The molecule has 1 aromatic heterocycles. The Labute approximate surface area is 194 Å². The van der Waals surface area contributed by atoms with Gasteiger partial charge >= 0.3 is 0 Å². The van der Waals surface area contributed by atoms with E-state index in [9.17, 15) is 9.59 Å². The maximum absolute atomic E-state index is 13.7. The molecule has 2 aromatic rings. The second kappa shape index (κ2) is 10.5. The first-order chi connectivity index (χ1) is 15.6. The number of halogens is 1. The number of likely N-dealkylation sites (tertiary alicyclic amines) is 1. The number of alkyl halides is 1. The van der Waals surface area contributed by atoms with Crippen LogP contribution >= 0.6 is 11.6 Å². The summed E-state index contributed by atoms with van der Waals surface area (Å²) >= 11 is 5.71. The number of hydrogen-bond donors (Lipinski definition) is 1. The average Bonchev–Trinajstić information content (AvgIpc) is 3.18. The van der Waals surface area contributed by atoms with E-state index < -0.39 is 0 Å². The van der Waals surface area contributed by atoms with Crippen LogP contribution in [0.3, 0.4) is 0 Å². The van der Waals surface area contributed by atoms with Crippen molar-refractivity contribution < 1.29 is 14.3 Å². The highest BCUT2D eigenvalue weighted by molar-refractivity contribution is 6.27. The molecule has 1 aromatic carbocycles. The van der Waals surface area contributed by atoms with Gasteiger partial charge in [0.05, 0.1) is 13.2 Å². The number of carbonyl (C=O) groups excluding carboxylic acids is 2. The molecule has 2 aliphatic heterocycles. The van der Waals surface area contributed by atoms with Gasteiger partial charge in [-0.2, -0.15) is 5.10 Å². The Hall–Kier alpha value is -2.38. The third kappa shape index (κ3) is 4.99. The summed E-state index contributed by atoms with van der Waals surface area (Å²) in [4.78, 5) is 27.6. The van der Waals surface area contributed by atoms with Crippen molar-refractivity contribution in [3.8, 4) is 0 Å². The standard InChI is InChI=1S/C24H31ClN4O3/c1-28-21-10-12-32-16-19(21)23(27-28)24(31)29-11-6-5-9-20(29)18(15-26-22(30)14-25)13-17-7-3-2-4-8-17/h2-4,7-8,18,20H,5-6,9-16H2,1H3,(H,26,30). The first-order valence-electron chi connectivity index (χ1n) is 11.4. The van der Waals surface area contributed by atoms with E-state index in [4.69, 9.17) is 16.3 Å². The fraction of sp³-hybridized carbons (Fsp3) is 0.542. The van der Waals surface area contributed by atoms with Crippen molar-refractivity contribution in [2.24, 2.45) is 13.0 Å². The van der Waals surface area contributed by atoms with Crippen LogP contribution in [0.2, 0.25) is 0 Å². The lowest BCUT2D eigenvalue weighted by molar-refractivity contribution is -0.118. The molecule has 1 saturated heterocycles. The average molecular weight is 459 g/mol. The number of hydrogen-bond acceptors (Lipinski definition) is 4. The fourth-order valence-corrected chi connectivity index (χ4v) is 5.07. The van der Waals surface area contributed by atoms with Crippen LogP contribution in [-0.2, 0) is 36.0 Å². The van der Waals surface area contributed by atoms with Gasteiger partial charge < -0.3 is 15.0 Å². The van der Waals surface area contributed by atoms with Crippen LogP contribution in [-0.4, -0.2) is 58.1 Å². The zero-order valence-electron chi connectivity index (χ0n) is 18.6. The van der Waals surface area contributed by atoms with Gasteiger partial charge in [-0.05, 0) is 31.2 Å². The number of ether oxygens (including phenoxy) is 1. The first-order valence-corrected chi connectivity index (χ1v) is 11.9. The Kier molecular flexibility index (Phi) is 7.48. The Bertz CT molecular complexity index is 946. The number of carbonyl (C=O) groups is 2. The molecular weight excluding hydrogens is 428 g/mol. The lowest BCUT2D eigenvalue weighted by Crippen LogP contribution is -2.51. The lowest BCUT2D eigenvalue weighted by Gasteiger charge is -2.40. The maximum Gasteiger partial charge on any atom is 0.275 e. The topological polar surface area (TPSA) is 76.5 Å². The van der Waals surface area contributed by atoms with E-state index in [0.29, 0.717) is 32.0 Å². The van der Waals surface area contributed by atoms with Crippen molar-refractivity contribution in [3.63, 3.8) is 0 Å². The normalized spacial score (nSPS) is 19.3. The molecule has 2 amide bonds. The quantitative estimate of drug-likeness (QED) is 0.647. The summed E-state index contributed by atoms with van der Waals surface area (Å²) in [5.74, 6) is -0.191. The van der Waals surface area contributed by atoms with E-state index in [2.05, 4.69) is 22.5 Å². The minimum absolute atomic E-state index is 0.0225. The molecule has 0 saturated carbocycles. The van der Waals surface area contributed by atoms with Crippen LogP contribution in [0.5, 0.6) is 0 Å². The summed E-state index contributed by atoms with van der Waals surface area (Å²) in [5.41, 5.74) is 3.71. The van der Waals surface area contributed by atoms with E-state index in [1.165, 1.54) is 5.56 Å². The molecule has 3 heterocycles. The molecule has 0 aliphatic carbocycles. The molecule has 0 spiro atoms. The number of nitrogens with zero attached hydrogens (tertiary/aromatic N) is 3. The number of amides is 2. The van der Waals surface area contributed by atoms with Gasteiger partial charge in [0.25, 0.3) is 5.91 Å². The van der Waals surface area contributed by atoms with Crippen LogP contribution in [0, 0.1) is 5.92 Å². The summed E-state index contributed by atoms with van der Waals surface area (Å²) in [6, 6.07) is 10.3. The molecule has 172 valence electrons. The molecule has 0 radical (unpaired) electrons. The van der Waals surface area contributed by atoms with Crippen LogP contribution < -0.4 is 5.32 Å². The molecule has 2 aliphatic rings. The summed E-state index contributed by atoms with van der Waals surface area (Å²) in [6.45, 7) is 2.27. The van der Waals surface area contributed by atoms with Gasteiger partial charge in [0, 0.05) is 49.8 Å². The molecule has 1 N–H and O–H groups in total. The fourth-order valence-electron chi connectivity index (χ4n) is 4.97. The largest absolute Gasteiger partial charge is 0.376 e. The Balaban J connectivity index is 1.60. The monoisotopic (exact) mass is 458 g/mol. The second-order valence-corrected chi connectivity index (χ2v) is 8.92. The zero-order chi connectivity index (χ0) is 22.5. The predicted molar refractivity (Wildman–Crippen MR) is 123 cm³/mol.